The van der Waals surface area contributed by atoms with Gasteiger partial charge in [-0.05, 0) is 56.7 Å². The highest BCUT2D eigenvalue weighted by atomic mass is 16.5. The Hall–Kier alpha value is -3.60. The van der Waals surface area contributed by atoms with Gasteiger partial charge in [-0.3, -0.25) is 9.59 Å². The summed E-state index contributed by atoms with van der Waals surface area (Å²) in [5, 5.41) is 5.83. The third-order valence-corrected chi connectivity index (χ3v) is 4.54. The molecule has 0 saturated heterocycles. The van der Waals surface area contributed by atoms with Crippen molar-refractivity contribution in [3.05, 3.63) is 95.6 Å². The van der Waals surface area contributed by atoms with Crippen LogP contribution in [0.2, 0.25) is 0 Å². The Labute approximate surface area is 177 Å². The van der Waals surface area contributed by atoms with E-state index in [2.05, 4.69) is 10.6 Å². The predicted molar refractivity (Wildman–Crippen MR) is 119 cm³/mol. The van der Waals surface area contributed by atoms with E-state index in [9.17, 15) is 9.59 Å². The van der Waals surface area contributed by atoms with E-state index in [1.165, 1.54) is 0 Å². The number of nitrogens with one attached hydrogen (secondary N) is 2. The molecule has 0 fully saturated rings. The molecular formula is C25H26N2O3. The fourth-order valence-electron chi connectivity index (χ4n) is 3.07. The first kappa shape index (κ1) is 21.1. The van der Waals surface area contributed by atoms with Crippen molar-refractivity contribution in [3.63, 3.8) is 0 Å². The smallest absolute Gasteiger partial charge is 0.255 e. The zero-order valence-corrected chi connectivity index (χ0v) is 17.4. The second-order valence-corrected chi connectivity index (χ2v) is 7.30. The molecule has 0 aliphatic rings. The molecule has 0 aliphatic heterocycles. The Bertz CT molecular complexity index is 1020. The van der Waals surface area contributed by atoms with Gasteiger partial charge in [0.05, 0.1) is 23.4 Å². The van der Waals surface area contributed by atoms with Gasteiger partial charge < -0.3 is 15.4 Å². The molecular weight excluding hydrogens is 376 g/mol. The molecule has 0 heterocycles. The molecule has 3 rings (SSSR count). The summed E-state index contributed by atoms with van der Waals surface area (Å²) in [6.45, 7) is 5.78. The van der Waals surface area contributed by atoms with Crippen molar-refractivity contribution in [2.75, 3.05) is 5.32 Å². The fourth-order valence-corrected chi connectivity index (χ4v) is 3.07. The first-order valence-electron chi connectivity index (χ1n) is 9.97. The fraction of sp³-hybridized carbons (Fsp3) is 0.200. The van der Waals surface area contributed by atoms with E-state index in [1.54, 1.807) is 42.5 Å². The van der Waals surface area contributed by atoms with Crippen molar-refractivity contribution >= 4 is 17.5 Å². The number of anilines is 1. The summed E-state index contributed by atoms with van der Waals surface area (Å²) in [7, 11) is 0. The van der Waals surface area contributed by atoms with Crippen molar-refractivity contribution < 1.29 is 14.3 Å². The second kappa shape index (κ2) is 9.74. The topological polar surface area (TPSA) is 67.4 Å². The molecule has 2 N–H and O–H groups in total. The minimum Gasteiger partial charge on any atom is -0.491 e. The van der Waals surface area contributed by atoms with E-state index in [0.29, 0.717) is 22.6 Å². The number of amides is 2. The van der Waals surface area contributed by atoms with Crippen LogP contribution in [-0.2, 0) is 0 Å². The summed E-state index contributed by atoms with van der Waals surface area (Å²) >= 11 is 0. The van der Waals surface area contributed by atoms with Crippen LogP contribution < -0.4 is 15.4 Å². The average Bonchev–Trinajstić information content (AvgIpc) is 2.74. The number of carbonyl (C=O) groups is 2. The Morgan fingerprint density at radius 2 is 1.50 bits per heavy atom. The van der Waals surface area contributed by atoms with Gasteiger partial charge >= 0.3 is 0 Å². The van der Waals surface area contributed by atoms with Crippen LogP contribution in [0.3, 0.4) is 0 Å². The highest BCUT2D eigenvalue weighted by Gasteiger charge is 2.17. The molecule has 5 heteroatoms. The van der Waals surface area contributed by atoms with Crippen LogP contribution in [0.15, 0.2) is 78.9 Å². The lowest BCUT2D eigenvalue weighted by atomic mass is 10.1. The van der Waals surface area contributed by atoms with Gasteiger partial charge in [0, 0.05) is 5.56 Å². The number of hydrogen-bond acceptors (Lipinski definition) is 3. The Balaban J connectivity index is 1.75. The van der Waals surface area contributed by atoms with E-state index in [4.69, 9.17) is 4.74 Å². The lowest BCUT2D eigenvalue weighted by Crippen LogP contribution is -2.28. The summed E-state index contributed by atoms with van der Waals surface area (Å²) in [5.41, 5.74) is 2.33. The van der Waals surface area contributed by atoms with Crippen LogP contribution in [-0.4, -0.2) is 17.9 Å². The molecule has 0 aliphatic carbocycles. The lowest BCUT2D eigenvalue weighted by Gasteiger charge is -2.16. The van der Waals surface area contributed by atoms with E-state index in [1.807, 2.05) is 57.2 Å². The van der Waals surface area contributed by atoms with Gasteiger partial charge in [0.15, 0.2) is 0 Å². The monoisotopic (exact) mass is 402 g/mol. The number of ether oxygens (including phenoxy) is 1. The number of hydrogen-bond donors (Lipinski definition) is 2. The maximum atomic E-state index is 12.9. The molecule has 3 aromatic carbocycles. The van der Waals surface area contributed by atoms with E-state index in [-0.39, 0.29) is 24.0 Å². The van der Waals surface area contributed by atoms with E-state index >= 15 is 0 Å². The van der Waals surface area contributed by atoms with E-state index < -0.39 is 0 Å². The van der Waals surface area contributed by atoms with Crippen LogP contribution in [0, 0.1) is 0 Å². The summed E-state index contributed by atoms with van der Waals surface area (Å²) in [5.74, 6) is 0.0695. The van der Waals surface area contributed by atoms with Crippen LogP contribution in [0.5, 0.6) is 5.75 Å². The second-order valence-electron chi connectivity index (χ2n) is 7.30. The molecule has 5 nitrogen and oxygen atoms in total. The maximum Gasteiger partial charge on any atom is 0.255 e. The van der Waals surface area contributed by atoms with Gasteiger partial charge in [-0.15, -0.1) is 0 Å². The lowest BCUT2D eigenvalue weighted by molar-refractivity contribution is 0.0940. The van der Waals surface area contributed by atoms with Crippen LogP contribution in [0.1, 0.15) is 53.1 Å². The molecule has 0 saturated carbocycles. The summed E-state index contributed by atoms with van der Waals surface area (Å²) in [6.07, 6.45) is 0.0133. The SMILES string of the molecule is CC(C)Oc1cccc(C(=O)Nc2ccccc2C(=O)NC(C)c2ccccc2)c1. The molecule has 0 spiro atoms. The largest absolute Gasteiger partial charge is 0.491 e. The van der Waals surface area contributed by atoms with Gasteiger partial charge in [0.2, 0.25) is 0 Å². The van der Waals surface area contributed by atoms with Crippen LogP contribution in [0.25, 0.3) is 0 Å². The van der Waals surface area contributed by atoms with Crippen molar-refractivity contribution in [2.24, 2.45) is 0 Å². The molecule has 0 aromatic heterocycles. The standard InChI is InChI=1S/C25H26N2O3/c1-17(2)30-21-13-9-12-20(16-21)24(28)27-23-15-8-7-14-22(23)25(29)26-18(3)19-10-5-4-6-11-19/h4-18H,1-3H3,(H,26,29)(H,27,28). The number of rotatable bonds is 7. The molecule has 1 atom stereocenters. The number of benzene rings is 3. The predicted octanol–water partition coefficient (Wildman–Crippen LogP) is 5.22. The molecule has 154 valence electrons. The third-order valence-electron chi connectivity index (χ3n) is 4.54. The highest BCUT2D eigenvalue weighted by molar-refractivity contribution is 6.09. The van der Waals surface area contributed by atoms with Gasteiger partial charge in [-0.25, -0.2) is 0 Å². The number of para-hydroxylation sites is 1. The minimum atomic E-state index is -0.305. The zero-order valence-electron chi connectivity index (χ0n) is 17.4. The molecule has 2 amide bonds. The summed E-state index contributed by atoms with van der Waals surface area (Å²) in [4.78, 5) is 25.6. The maximum absolute atomic E-state index is 12.9. The van der Waals surface area contributed by atoms with Gasteiger partial charge in [0.25, 0.3) is 11.8 Å². The number of carbonyl (C=O) groups excluding carboxylic acids is 2. The van der Waals surface area contributed by atoms with Gasteiger partial charge in [-0.1, -0.05) is 48.5 Å². The molecule has 30 heavy (non-hydrogen) atoms. The highest BCUT2D eigenvalue weighted by Crippen LogP contribution is 2.20. The zero-order chi connectivity index (χ0) is 21.5. The summed E-state index contributed by atoms with van der Waals surface area (Å²) < 4.78 is 5.66. The Kier molecular flexibility index (Phi) is 6.86. The van der Waals surface area contributed by atoms with Gasteiger partial charge in [0.1, 0.15) is 5.75 Å². The van der Waals surface area contributed by atoms with Crippen molar-refractivity contribution in [3.8, 4) is 5.75 Å². The van der Waals surface area contributed by atoms with Crippen molar-refractivity contribution in [2.45, 2.75) is 32.9 Å². The Morgan fingerprint density at radius 1 is 0.800 bits per heavy atom. The van der Waals surface area contributed by atoms with Crippen LogP contribution >= 0.6 is 0 Å². The van der Waals surface area contributed by atoms with Crippen molar-refractivity contribution in [1.82, 2.24) is 5.32 Å². The third kappa shape index (κ3) is 5.47. The van der Waals surface area contributed by atoms with Crippen molar-refractivity contribution in [1.29, 1.82) is 0 Å². The first-order valence-corrected chi connectivity index (χ1v) is 9.97. The normalized spacial score (nSPS) is 11.6. The summed E-state index contributed by atoms with van der Waals surface area (Å²) in [6, 6.07) is 23.5. The van der Waals surface area contributed by atoms with Gasteiger partial charge in [-0.2, -0.15) is 0 Å². The first-order chi connectivity index (χ1) is 14.4. The average molecular weight is 402 g/mol. The van der Waals surface area contributed by atoms with Crippen LogP contribution in [0.4, 0.5) is 5.69 Å². The Morgan fingerprint density at radius 3 is 2.23 bits per heavy atom. The quantitative estimate of drug-likeness (QED) is 0.570. The molecule has 0 bridgehead atoms. The molecule has 0 radical (unpaired) electrons. The molecule has 3 aromatic rings. The molecule has 1 unspecified atom stereocenters. The minimum absolute atomic E-state index is 0.0133. The van der Waals surface area contributed by atoms with E-state index in [0.717, 1.165) is 5.56 Å².